The molecule has 3 rings (SSSR count). The van der Waals surface area contributed by atoms with Crippen molar-refractivity contribution in [3.63, 3.8) is 0 Å². The minimum Gasteiger partial charge on any atom is -0.378 e. The van der Waals surface area contributed by atoms with E-state index in [1.54, 1.807) is 6.92 Å². The van der Waals surface area contributed by atoms with Crippen molar-refractivity contribution in [3.8, 4) is 0 Å². The van der Waals surface area contributed by atoms with Crippen LogP contribution in [0.3, 0.4) is 0 Å². The number of rotatable bonds is 3. The number of hydrogen-bond donors (Lipinski definition) is 2. The van der Waals surface area contributed by atoms with Gasteiger partial charge in [-0.3, -0.25) is 9.89 Å². The standard InChI is InChI=1S/C14H17N5O2/c1-10-13(14(20)18-15-10)17-16-11-4-2-3-5-12(11)19-6-8-21-9-7-19/h2-5H,6-9H2,1H3,(H2,15,18,20). The number of anilines is 1. The minimum atomic E-state index is -0.264. The average molecular weight is 287 g/mol. The molecule has 1 aromatic carbocycles. The van der Waals surface area contributed by atoms with Gasteiger partial charge in [0.05, 0.1) is 24.6 Å². The van der Waals surface area contributed by atoms with Crippen molar-refractivity contribution in [1.29, 1.82) is 0 Å². The average Bonchev–Trinajstić information content (AvgIpc) is 2.85. The van der Waals surface area contributed by atoms with Crippen LogP contribution in [0, 0.1) is 6.92 Å². The van der Waals surface area contributed by atoms with E-state index in [1.807, 2.05) is 24.3 Å². The van der Waals surface area contributed by atoms with E-state index in [4.69, 9.17) is 4.74 Å². The second-order valence-corrected chi connectivity index (χ2v) is 4.84. The SMILES string of the molecule is Cc1[nH][nH]c(=O)c1N=Nc1ccccc1N1CCOCC1. The summed E-state index contributed by atoms with van der Waals surface area (Å²) in [6, 6.07) is 7.78. The summed E-state index contributed by atoms with van der Waals surface area (Å²) in [5.41, 5.74) is 2.48. The topological polar surface area (TPSA) is 85.8 Å². The van der Waals surface area contributed by atoms with E-state index in [1.165, 1.54) is 0 Å². The normalized spacial score (nSPS) is 15.8. The fraction of sp³-hybridized carbons (Fsp3) is 0.357. The summed E-state index contributed by atoms with van der Waals surface area (Å²) in [6.45, 7) is 4.86. The van der Waals surface area contributed by atoms with Crippen LogP contribution in [0.5, 0.6) is 0 Å². The molecule has 0 bridgehead atoms. The summed E-state index contributed by atoms with van der Waals surface area (Å²) in [5, 5.41) is 13.6. The maximum absolute atomic E-state index is 11.6. The summed E-state index contributed by atoms with van der Waals surface area (Å²) >= 11 is 0. The van der Waals surface area contributed by atoms with Crippen LogP contribution in [0.15, 0.2) is 39.3 Å². The van der Waals surface area contributed by atoms with Crippen molar-refractivity contribution >= 4 is 17.1 Å². The molecule has 0 amide bonds. The first kappa shape index (κ1) is 13.6. The van der Waals surface area contributed by atoms with Gasteiger partial charge in [-0.1, -0.05) is 12.1 Å². The van der Waals surface area contributed by atoms with Gasteiger partial charge in [0, 0.05) is 13.1 Å². The molecule has 0 spiro atoms. The molecule has 2 heterocycles. The van der Waals surface area contributed by atoms with Gasteiger partial charge < -0.3 is 14.7 Å². The molecule has 0 atom stereocenters. The summed E-state index contributed by atoms with van der Waals surface area (Å²) in [5.74, 6) is 0. The molecule has 7 nitrogen and oxygen atoms in total. The zero-order valence-corrected chi connectivity index (χ0v) is 11.8. The molecule has 7 heteroatoms. The third-order valence-corrected chi connectivity index (χ3v) is 3.43. The Bertz CT molecular complexity index is 697. The van der Waals surface area contributed by atoms with Crippen LogP contribution in [-0.2, 0) is 4.74 Å². The molecule has 0 radical (unpaired) electrons. The molecule has 0 unspecified atom stereocenters. The van der Waals surface area contributed by atoms with Crippen LogP contribution < -0.4 is 10.5 Å². The van der Waals surface area contributed by atoms with Crippen LogP contribution in [-0.4, -0.2) is 36.5 Å². The first-order chi connectivity index (χ1) is 10.3. The molecule has 0 aliphatic carbocycles. The molecular weight excluding hydrogens is 270 g/mol. The Kier molecular flexibility index (Phi) is 3.83. The van der Waals surface area contributed by atoms with E-state index in [9.17, 15) is 4.79 Å². The van der Waals surface area contributed by atoms with E-state index >= 15 is 0 Å². The molecule has 2 N–H and O–H groups in total. The number of nitrogens with one attached hydrogen (secondary N) is 2. The van der Waals surface area contributed by atoms with Crippen molar-refractivity contribution in [1.82, 2.24) is 10.2 Å². The maximum atomic E-state index is 11.6. The van der Waals surface area contributed by atoms with E-state index < -0.39 is 0 Å². The lowest BCUT2D eigenvalue weighted by molar-refractivity contribution is 0.123. The van der Waals surface area contributed by atoms with Gasteiger partial charge in [0.25, 0.3) is 5.56 Å². The van der Waals surface area contributed by atoms with E-state index in [0.29, 0.717) is 24.6 Å². The number of hydrogen-bond acceptors (Lipinski definition) is 5. The summed E-state index contributed by atoms with van der Waals surface area (Å²) in [7, 11) is 0. The molecule has 1 fully saturated rings. The molecule has 1 aliphatic rings. The third kappa shape index (κ3) is 2.87. The zero-order valence-electron chi connectivity index (χ0n) is 11.8. The molecule has 1 aromatic heterocycles. The Morgan fingerprint density at radius 3 is 2.62 bits per heavy atom. The van der Waals surface area contributed by atoms with Gasteiger partial charge in [-0.15, -0.1) is 10.2 Å². The zero-order chi connectivity index (χ0) is 14.7. The quantitative estimate of drug-likeness (QED) is 0.849. The molecule has 110 valence electrons. The van der Waals surface area contributed by atoms with Crippen LogP contribution in [0.25, 0.3) is 0 Å². The highest BCUT2D eigenvalue weighted by Crippen LogP contribution is 2.30. The predicted octanol–water partition coefficient (Wildman–Crippen LogP) is 2.26. The van der Waals surface area contributed by atoms with Gasteiger partial charge in [0.15, 0.2) is 5.69 Å². The number of aromatic nitrogens is 2. The van der Waals surface area contributed by atoms with Gasteiger partial charge >= 0.3 is 0 Å². The highest BCUT2D eigenvalue weighted by molar-refractivity contribution is 5.66. The van der Waals surface area contributed by atoms with Gasteiger partial charge in [-0.05, 0) is 19.1 Å². The number of ether oxygens (including phenoxy) is 1. The molecule has 0 saturated carbocycles. The second kappa shape index (κ2) is 5.92. The largest absolute Gasteiger partial charge is 0.378 e. The van der Waals surface area contributed by atoms with Crippen LogP contribution in [0.4, 0.5) is 17.1 Å². The second-order valence-electron chi connectivity index (χ2n) is 4.84. The molecule has 2 aromatic rings. The van der Waals surface area contributed by atoms with Crippen LogP contribution in [0.2, 0.25) is 0 Å². The van der Waals surface area contributed by atoms with Crippen LogP contribution >= 0.6 is 0 Å². The maximum Gasteiger partial charge on any atom is 0.291 e. The Hall–Kier alpha value is -2.41. The van der Waals surface area contributed by atoms with Gasteiger partial charge in [-0.25, -0.2) is 0 Å². The lowest BCUT2D eigenvalue weighted by Gasteiger charge is -2.29. The fourth-order valence-electron chi connectivity index (χ4n) is 2.28. The number of benzene rings is 1. The van der Waals surface area contributed by atoms with Crippen molar-refractivity contribution < 1.29 is 4.74 Å². The van der Waals surface area contributed by atoms with Crippen LogP contribution in [0.1, 0.15) is 5.69 Å². The third-order valence-electron chi connectivity index (χ3n) is 3.43. The number of H-pyrrole nitrogens is 2. The number of aromatic amines is 2. The number of nitrogens with zero attached hydrogens (tertiary/aromatic N) is 3. The molecule has 21 heavy (non-hydrogen) atoms. The molecular formula is C14H17N5O2. The number of azo groups is 1. The smallest absolute Gasteiger partial charge is 0.291 e. The Morgan fingerprint density at radius 1 is 1.14 bits per heavy atom. The monoisotopic (exact) mass is 287 g/mol. The Morgan fingerprint density at radius 2 is 1.90 bits per heavy atom. The molecule has 1 aliphatic heterocycles. The first-order valence-electron chi connectivity index (χ1n) is 6.86. The van der Waals surface area contributed by atoms with Gasteiger partial charge in [0.1, 0.15) is 5.69 Å². The highest BCUT2D eigenvalue weighted by atomic mass is 16.5. The minimum absolute atomic E-state index is 0.264. The Labute approximate surface area is 121 Å². The van der Waals surface area contributed by atoms with E-state index in [-0.39, 0.29) is 5.56 Å². The highest BCUT2D eigenvalue weighted by Gasteiger charge is 2.14. The number of aryl methyl sites for hydroxylation is 1. The molecule has 1 saturated heterocycles. The lowest BCUT2D eigenvalue weighted by atomic mass is 10.2. The van der Waals surface area contributed by atoms with Crippen molar-refractivity contribution in [2.45, 2.75) is 6.92 Å². The predicted molar refractivity (Wildman–Crippen MR) is 79.8 cm³/mol. The van der Waals surface area contributed by atoms with E-state index in [0.717, 1.165) is 24.5 Å². The van der Waals surface area contributed by atoms with Crippen molar-refractivity contribution in [2.24, 2.45) is 10.2 Å². The van der Waals surface area contributed by atoms with Gasteiger partial charge in [-0.2, -0.15) is 0 Å². The van der Waals surface area contributed by atoms with Crippen molar-refractivity contribution in [2.75, 3.05) is 31.2 Å². The number of para-hydroxylation sites is 1. The summed E-state index contributed by atoms with van der Waals surface area (Å²) in [6.07, 6.45) is 0. The number of morpholine rings is 1. The summed E-state index contributed by atoms with van der Waals surface area (Å²) in [4.78, 5) is 13.8. The summed E-state index contributed by atoms with van der Waals surface area (Å²) < 4.78 is 5.37. The fourth-order valence-corrected chi connectivity index (χ4v) is 2.28. The van der Waals surface area contributed by atoms with E-state index in [2.05, 4.69) is 25.3 Å². The Balaban J connectivity index is 1.90. The van der Waals surface area contributed by atoms with Gasteiger partial charge in [0.2, 0.25) is 0 Å². The van der Waals surface area contributed by atoms with Crippen molar-refractivity contribution in [3.05, 3.63) is 40.3 Å². The lowest BCUT2D eigenvalue weighted by Crippen LogP contribution is -2.36. The first-order valence-corrected chi connectivity index (χ1v) is 6.86.